The first-order chi connectivity index (χ1) is 10.7. The number of benzene rings is 2. The van der Waals surface area contributed by atoms with E-state index in [0.717, 1.165) is 35.7 Å². The molecule has 0 bridgehead atoms. The molecule has 0 saturated carbocycles. The maximum atomic E-state index is 11.7. The van der Waals surface area contributed by atoms with E-state index >= 15 is 0 Å². The summed E-state index contributed by atoms with van der Waals surface area (Å²) in [4.78, 5) is 11.7. The fourth-order valence-electron chi connectivity index (χ4n) is 2.04. The highest BCUT2D eigenvalue weighted by atomic mass is 16.5. The Hall–Kier alpha value is -2.49. The van der Waals surface area contributed by atoms with Gasteiger partial charge in [-0.1, -0.05) is 13.3 Å². The first-order valence-electron chi connectivity index (χ1n) is 7.52. The minimum atomic E-state index is 0.0673. The average molecular weight is 298 g/mol. The quantitative estimate of drug-likeness (QED) is 0.787. The summed E-state index contributed by atoms with van der Waals surface area (Å²) in [5.74, 6) is 0.897. The first kappa shape index (κ1) is 15.9. The van der Waals surface area contributed by atoms with E-state index in [1.165, 1.54) is 0 Å². The summed E-state index contributed by atoms with van der Waals surface area (Å²) in [6.07, 6.45) is 2.52. The van der Waals surface area contributed by atoms with Gasteiger partial charge in [0.1, 0.15) is 5.75 Å². The van der Waals surface area contributed by atoms with Crippen molar-refractivity contribution in [2.45, 2.75) is 26.2 Å². The predicted molar refractivity (Wildman–Crippen MR) is 90.9 cm³/mol. The molecule has 0 spiro atoms. The molecule has 0 aliphatic heterocycles. The van der Waals surface area contributed by atoms with Crippen LogP contribution in [0.1, 0.15) is 26.2 Å². The van der Waals surface area contributed by atoms with Crippen LogP contribution in [0, 0.1) is 0 Å². The zero-order valence-electron chi connectivity index (χ0n) is 13.1. The Kier molecular flexibility index (Phi) is 5.83. The van der Waals surface area contributed by atoms with E-state index in [2.05, 4.69) is 17.6 Å². The molecule has 2 rings (SSSR count). The molecule has 116 valence electrons. The molecule has 4 heteroatoms. The molecule has 0 fully saturated rings. The topological polar surface area (TPSA) is 50.4 Å². The number of methoxy groups -OCH3 is 1. The lowest BCUT2D eigenvalue weighted by atomic mass is 10.2. The molecule has 1 amide bonds. The maximum Gasteiger partial charge on any atom is 0.224 e. The fraction of sp³-hybridized carbons (Fsp3) is 0.278. The largest absolute Gasteiger partial charge is 0.497 e. The summed E-state index contributed by atoms with van der Waals surface area (Å²) in [5.41, 5.74) is 2.78. The number of unbranched alkanes of at least 4 members (excludes halogenated alkanes) is 1. The number of hydrogen-bond donors (Lipinski definition) is 2. The lowest BCUT2D eigenvalue weighted by molar-refractivity contribution is -0.116. The summed E-state index contributed by atoms with van der Waals surface area (Å²) < 4.78 is 5.13. The van der Waals surface area contributed by atoms with Crippen molar-refractivity contribution in [1.29, 1.82) is 0 Å². The molecule has 22 heavy (non-hydrogen) atoms. The number of nitrogens with one attached hydrogen (secondary N) is 2. The highest BCUT2D eigenvalue weighted by molar-refractivity contribution is 5.90. The van der Waals surface area contributed by atoms with Gasteiger partial charge in [0, 0.05) is 23.5 Å². The van der Waals surface area contributed by atoms with Gasteiger partial charge in [0.2, 0.25) is 5.91 Å². The minimum absolute atomic E-state index is 0.0673. The number of ether oxygens (including phenoxy) is 1. The van der Waals surface area contributed by atoms with Gasteiger partial charge in [0.15, 0.2) is 0 Å². The summed E-state index contributed by atoms with van der Waals surface area (Å²) >= 11 is 0. The number of anilines is 3. The summed E-state index contributed by atoms with van der Waals surface area (Å²) in [6.45, 7) is 2.08. The normalized spacial score (nSPS) is 10.1. The van der Waals surface area contributed by atoms with Crippen molar-refractivity contribution < 1.29 is 9.53 Å². The van der Waals surface area contributed by atoms with E-state index in [1.54, 1.807) is 7.11 Å². The Morgan fingerprint density at radius 2 is 1.50 bits per heavy atom. The molecular weight excluding hydrogens is 276 g/mol. The van der Waals surface area contributed by atoms with Gasteiger partial charge in [0.05, 0.1) is 7.11 Å². The second-order valence-electron chi connectivity index (χ2n) is 5.08. The van der Waals surface area contributed by atoms with Crippen LogP contribution in [0.2, 0.25) is 0 Å². The third kappa shape index (κ3) is 4.81. The molecule has 0 heterocycles. The van der Waals surface area contributed by atoms with E-state index in [0.29, 0.717) is 6.42 Å². The number of amides is 1. The lowest BCUT2D eigenvalue weighted by Gasteiger charge is -2.09. The minimum Gasteiger partial charge on any atom is -0.497 e. The van der Waals surface area contributed by atoms with E-state index in [9.17, 15) is 4.79 Å². The molecule has 2 aromatic carbocycles. The van der Waals surface area contributed by atoms with Crippen molar-refractivity contribution in [1.82, 2.24) is 0 Å². The van der Waals surface area contributed by atoms with Crippen LogP contribution in [0.4, 0.5) is 17.1 Å². The Morgan fingerprint density at radius 3 is 2.05 bits per heavy atom. The van der Waals surface area contributed by atoms with Crippen LogP contribution in [0.5, 0.6) is 5.75 Å². The Labute approximate surface area is 131 Å². The van der Waals surface area contributed by atoms with Crippen LogP contribution < -0.4 is 15.4 Å². The SMILES string of the molecule is CCCCC(=O)Nc1ccc(Nc2ccc(OC)cc2)cc1. The summed E-state index contributed by atoms with van der Waals surface area (Å²) in [6, 6.07) is 15.4. The van der Waals surface area contributed by atoms with Crippen molar-refractivity contribution in [3.63, 3.8) is 0 Å². The monoisotopic (exact) mass is 298 g/mol. The number of carbonyl (C=O) groups excluding carboxylic acids is 1. The fourth-order valence-corrected chi connectivity index (χ4v) is 2.04. The lowest BCUT2D eigenvalue weighted by Crippen LogP contribution is -2.10. The Balaban J connectivity index is 1.92. The number of carbonyl (C=O) groups is 1. The van der Waals surface area contributed by atoms with Gasteiger partial charge in [-0.2, -0.15) is 0 Å². The van der Waals surface area contributed by atoms with Crippen LogP contribution in [-0.4, -0.2) is 13.0 Å². The van der Waals surface area contributed by atoms with Crippen LogP contribution >= 0.6 is 0 Å². The molecule has 0 aliphatic carbocycles. The van der Waals surface area contributed by atoms with Crippen molar-refractivity contribution in [2.75, 3.05) is 17.7 Å². The smallest absolute Gasteiger partial charge is 0.224 e. The molecule has 0 unspecified atom stereocenters. The van der Waals surface area contributed by atoms with Crippen LogP contribution in [-0.2, 0) is 4.79 Å². The first-order valence-corrected chi connectivity index (χ1v) is 7.52. The van der Waals surface area contributed by atoms with E-state index in [1.807, 2.05) is 48.5 Å². The summed E-state index contributed by atoms with van der Waals surface area (Å²) in [7, 11) is 1.65. The van der Waals surface area contributed by atoms with Gasteiger partial charge in [-0.05, 0) is 55.0 Å². The van der Waals surface area contributed by atoms with Gasteiger partial charge in [0.25, 0.3) is 0 Å². The van der Waals surface area contributed by atoms with Crippen molar-refractivity contribution in [3.8, 4) is 5.75 Å². The average Bonchev–Trinajstić information content (AvgIpc) is 2.55. The standard InChI is InChI=1S/C18H22N2O2/c1-3-4-5-18(21)20-16-8-6-14(7-9-16)19-15-10-12-17(22-2)13-11-15/h6-13,19H,3-5H2,1-2H3,(H,20,21). The summed E-state index contributed by atoms with van der Waals surface area (Å²) in [5, 5.41) is 6.20. The molecule has 0 radical (unpaired) electrons. The zero-order valence-corrected chi connectivity index (χ0v) is 13.1. The molecule has 2 N–H and O–H groups in total. The van der Waals surface area contributed by atoms with Gasteiger partial charge in [-0.25, -0.2) is 0 Å². The molecule has 2 aromatic rings. The maximum absolute atomic E-state index is 11.7. The van der Waals surface area contributed by atoms with Crippen LogP contribution in [0.15, 0.2) is 48.5 Å². The van der Waals surface area contributed by atoms with Crippen LogP contribution in [0.3, 0.4) is 0 Å². The highest BCUT2D eigenvalue weighted by Gasteiger charge is 2.02. The van der Waals surface area contributed by atoms with Gasteiger partial charge < -0.3 is 15.4 Å². The van der Waals surface area contributed by atoms with E-state index in [4.69, 9.17) is 4.74 Å². The van der Waals surface area contributed by atoms with Gasteiger partial charge in [-0.3, -0.25) is 4.79 Å². The van der Waals surface area contributed by atoms with Gasteiger partial charge in [-0.15, -0.1) is 0 Å². The molecule has 0 atom stereocenters. The van der Waals surface area contributed by atoms with Gasteiger partial charge >= 0.3 is 0 Å². The second-order valence-corrected chi connectivity index (χ2v) is 5.08. The predicted octanol–water partition coefficient (Wildman–Crippen LogP) is 4.57. The van der Waals surface area contributed by atoms with Crippen molar-refractivity contribution in [3.05, 3.63) is 48.5 Å². The molecular formula is C18H22N2O2. The van der Waals surface area contributed by atoms with E-state index < -0.39 is 0 Å². The second kappa shape index (κ2) is 8.08. The van der Waals surface area contributed by atoms with Crippen molar-refractivity contribution >= 4 is 23.0 Å². The number of rotatable bonds is 7. The Bertz CT molecular complexity index is 591. The molecule has 0 aromatic heterocycles. The third-order valence-corrected chi connectivity index (χ3v) is 3.30. The molecule has 4 nitrogen and oxygen atoms in total. The van der Waals surface area contributed by atoms with E-state index in [-0.39, 0.29) is 5.91 Å². The van der Waals surface area contributed by atoms with Crippen LogP contribution in [0.25, 0.3) is 0 Å². The zero-order chi connectivity index (χ0) is 15.8. The number of hydrogen-bond acceptors (Lipinski definition) is 3. The molecule has 0 aliphatic rings. The highest BCUT2D eigenvalue weighted by Crippen LogP contribution is 2.21. The third-order valence-electron chi connectivity index (χ3n) is 3.30. The van der Waals surface area contributed by atoms with Crippen molar-refractivity contribution in [2.24, 2.45) is 0 Å². The Morgan fingerprint density at radius 1 is 0.955 bits per heavy atom. The molecule has 0 saturated heterocycles.